The number of methoxy groups -OCH3 is 1. The lowest BCUT2D eigenvalue weighted by Gasteiger charge is -2.33. The van der Waals surface area contributed by atoms with Crippen molar-refractivity contribution in [3.8, 4) is 28.3 Å². The molecule has 2 saturated heterocycles. The van der Waals surface area contributed by atoms with Crippen LogP contribution in [0.3, 0.4) is 0 Å². The Morgan fingerprint density at radius 2 is 1.12 bits per heavy atom. The van der Waals surface area contributed by atoms with Crippen LogP contribution in [0.25, 0.3) is 22.5 Å². The van der Waals surface area contributed by atoms with E-state index in [2.05, 4.69) is 15.9 Å². The Bertz CT molecular complexity index is 2670. The molecule has 8 rings (SSSR count). The molecule has 0 saturated carbocycles. The molecule has 6 aromatic rings. The number of sulfonamides is 2. The van der Waals surface area contributed by atoms with Gasteiger partial charge in [0, 0.05) is 74.2 Å². The van der Waals surface area contributed by atoms with Crippen LogP contribution < -0.4 is 14.5 Å². The Morgan fingerprint density at radius 1 is 0.627 bits per heavy atom. The lowest BCUT2D eigenvalue weighted by Crippen LogP contribution is -2.48. The molecule has 11 nitrogen and oxygen atoms in total. The lowest BCUT2D eigenvalue weighted by atomic mass is 10.1. The van der Waals surface area contributed by atoms with E-state index in [9.17, 15) is 25.6 Å². The molecule has 4 heterocycles. The van der Waals surface area contributed by atoms with Gasteiger partial charge in [-0.2, -0.15) is 8.61 Å². The largest absolute Gasteiger partial charge is 0.496 e. The maximum absolute atomic E-state index is 13.4. The van der Waals surface area contributed by atoms with Gasteiger partial charge in [-0.25, -0.2) is 35.6 Å². The number of aryl methyl sites for hydroxylation is 1. The molecule has 310 valence electrons. The van der Waals surface area contributed by atoms with Crippen molar-refractivity contribution in [2.45, 2.75) is 16.7 Å². The Labute approximate surface area is 360 Å². The van der Waals surface area contributed by atoms with Gasteiger partial charge < -0.3 is 14.5 Å². The van der Waals surface area contributed by atoms with Crippen LogP contribution in [0.1, 0.15) is 5.56 Å². The molecule has 0 bridgehead atoms. The number of hydrogen-bond donors (Lipinski definition) is 0. The van der Waals surface area contributed by atoms with E-state index in [-0.39, 0.29) is 19.8 Å². The van der Waals surface area contributed by atoms with E-state index in [0.717, 1.165) is 62.8 Å². The fraction of sp³-hybridized carbons (Fsp3) is 0.250. The molecule has 2 aliphatic heterocycles. The highest BCUT2D eigenvalue weighted by Crippen LogP contribution is 2.34. The first-order valence-corrected chi connectivity index (χ1v) is 23.7. The Balaban J connectivity index is 0.000000179. The van der Waals surface area contributed by atoms with Gasteiger partial charge in [-0.15, -0.1) is 22.7 Å². The van der Waals surface area contributed by atoms with Gasteiger partial charge in [0.05, 0.1) is 38.3 Å². The highest BCUT2D eigenvalue weighted by Gasteiger charge is 2.31. The second-order valence-electron chi connectivity index (χ2n) is 13.5. The molecule has 0 atom stereocenters. The van der Waals surface area contributed by atoms with Crippen LogP contribution in [0.15, 0.2) is 105 Å². The van der Waals surface area contributed by atoms with Crippen LogP contribution in [0.2, 0.25) is 10.0 Å². The van der Waals surface area contributed by atoms with Crippen molar-refractivity contribution in [1.29, 1.82) is 0 Å². The van der Waals surface area contributed by atoms with Gasteiger partial charge in [0.1, 0.15) is 17.4 Å². The average Bonchev–Trinajstić information content (AvgIpc) is 3.95. The van der Waals surface area contributed by atoms with Gasteiger partial charge in [-0.1, -0.05) is 59.1 Å². The molecule has 0 aliphatic carbocycles. The predicted molar refractivity (Wildman–Crippen MR) is 231 cm³/mol. The minimum absolute atomic E-state index is 0.00458. The SMILES string of the molecule is COc1ccccc1-c1csc(N2CCN(S(=O)(=O)c3ccc(F)c(Cl)c3)CC2)n1.Cc1cccc(-c2csc(N3CCN(S(=O)(=O)c4ccc(F)c(Cl)c4)CC3)n2)c1. The van der Waals surface area contributed by atoms with Crippen molar-refractivity contribution in [3.05, 3.63) is 123 Å². The third-order valence-electron chi connectivity index (χ3n) is 9.76. The Morgan fingerprint density at radius 3 is 1.61 bits per heavy atom. The van der Waals surface area contributed by atoms with Crippen molar-refractivity contribution in [2.75, 3.05) is 69.3 Å². The fourth-order valence-electron chi connectivity index (χ4n) is 6.55. The molecular weight excluding hydrogens is 882 g/mol. The highest BCUT2D eigenvalue weighted by atomic mass is 35.5. The summed E-state index contributed by atoms with van der Waals surface area (Å²) < 4.78 is 86.3. The average molecular weight is 920 g/mol. The van der Waals surface area contributed by atoms with Gasteiger partial charge in [0.15, 0.2) is 10.3 Å². The molecule has 4 aromatic carbocycles. The monoisotopic (exact) mass is 918 g/mol. The van der Waals surface area contributed by atoms with Crippen molar-refractivity contribution >= 4 is 76.2 Å². The maximum Gasteiger partial charge on any atom is 0.243 e. The minimum Gasteiger partial charge on any atom is -0.496 e. The second kappa shape index (κ2) is 18.2. The summed E-state index contributed by atoms with van der Waals surface area (Å²) in [7, 11) is -5.82. The summed E-state index contributed by atoms with van der Waals surface area (Å²) in [6, 6.07) is 22.8. The summed E-state index contributed by atoms with van der Waals surface area (Å²) in [5.74, 6) is -0.526. The number of thiazole rings is 2. The van der Waals surface area contributed by atoms with Gasteiger partial charge >= 0.3 is 0 Å². The molecule has 0 unspecified atom stereocenters. The van der Waals surface area contributed by atoms with E-state index in [0.29, 0.717) is 52.4 Å². The number of ether oxygens (including phenoxy) is 1. The minimum atomic E-state index is -3.73. The van der Waals surface area contributed by atoms with Crippen LogP contribution in [-0.2, 0) is 20.0 Å². The first kappa shape index (κ1) is 42.9. The topological polar surface area (TPSA) is 116 Å². The first-order chi connectivity index (χ1) is 28.2. The maximum atomic E-state index is 13.4. The normalized spacial score (nSPS) is 15.5. The molecule has 2 fully saturated rings. The summed E-state index contributed by atoms with van der Waals surface area (Å²) in [6.45, 7) is 5.41. The fourth-order valence-corrected chi connectivity index (χ4v) is 11.7. The Kier molecular flexibility index (Phi) is 13.2. The zero-order chi connectivity index (χ0) is 41.9. The van der Waals surface area contributed by atoms with Crippen LogP contribution in [0.5, 0.6) is 5.75 Å². The number of hydrogen-bond acceptors (Lipinski definition) is 11. The first-order valence-electron chi connectivity index (χ1n) is 18.3. The molecule has 2 aliphatic rings. The van der Waals surface area contributed by atoms with Crippen molar-refractivity contribution in [3.63, 3.8) is 0 Å². The summed E-state index contributed by atoms with van der Waals surface area (Å²) in [6.07, 6.45) is 0. The summed E-state index contributed by atoms with van der Waals surface area (Å²) >= 11 is 14.6. The van der Waals surface area contributed by atoms with E-state index in [1.165, 1.54) is 37.6 Å². The van der Waals surface area contributed by atoms with Gasteiger partial charge in [-0.3, -0.25) is 0 Å². The van der Waals surface area contributed by atoms with Gasteiger partial charge in [-0.05, 0) is 61.5 Å². The molecular formula is C40H38Cl2F2N6O5S4. The van der Waals surface area contributed by atoms with Crippen LogP contribution >= 0.6 is 45.9 Å². The molecule has 59 heavy (non-hydrogen) atoms. The summed E-state index contributed by atoms with van der Waals surface area (Å²) in [5.41, 5.74) is 4.91. The highest BCUT2D eigenvalue weighted by molar-refractivity contribution is 7.89. The number of rotatable bonds is 9. The third kappa shape index (κ3) is 9.57. The molecule has 0 N–H and O–H groups in total. The van der Waals surface area contributed by atoms with E-state index < -0.39 is 31.7 Å². The van der Waals surface area contributed by atoms with E-state index >= 15 is 0 Å². The van der Waals surface area contributed by atoms with Crippen LogP contribution in [0.4, 0.5) is 19.0 Å². The van der Waals surface area contributed by atoms with Crippen LogP contribution in [-0.4, -0.2) is 94.9 Å². The standard InChI is InChI=1S/C20H19ClFN3O3S2.C20H19ClFN3O2S2/c1-28-19-5-3-2-4-15(19)18-13-29-20(23-18)24-8-10-25(11-9-24)30(26,27)14-6-7-17(22)16(21)12-14;1-14-3-2-4-15(11-14)19-13-28-20(23-19)24-7-9-25(10-8-24)29(26,27)16-5-6-18(22)17(21)12-16/h2-7,12-13H,8-11H2,1H3;2-6,11-13H,7-10H2,1H3. The molecule has 0 radical (unpaired) electrons. The lowest BCUT2D eigenvalue weighted by molar-refractivity contribution is 0.384. The Hall–Kier alpha value is -4.20. The smallest absolute Gasteiger partial charge is 0.243 e. The van der Waals surface area contributed by atoms with Crippen molar-refractivity contribution in [2.24, 2.45) is 0 Å². The number of piperazine rings is 2. The van der Waals surface area contributed by atoms with E-state index in [1.54, 1.807) is 18.4 Å². The zero-order valence-electron chi connectivity index (χ0n) is 31.8. The number of benzene rings is 4. The summed E-state index contributed by atoms with van der Waals surface area (Å²) in [5, 5.41) is 5.29. The second-order valence-corrected chi connectivity index (χ2v) is 19.9. The number of para-hydroxylation sites is 1. The van der Waals surface area contributed by atoms with Crippen molar-refractivity contribution in [1.82, 2.24) is 18.6 Å². The molecule has 2 aromatic heterocycles. The quantitative estimate of drug-likeness (QED) is 0.141. The number of aromatic nitrogens is 2. The number of halogens is 4. The van der Waals surface area contributed by atoms with Gasteiger partial charge in [0.25, 0.3) is 0 Å². The number of nitrogens with zero attached hydrogens (tertiary/aromatic N) is 6. The predicted octanol–water partition coefficient (Wildman–Crippen LogP) is 8.54. The molecule has 0 spiro atoms. The van der Waals surface area contributed by atoms with E-state index in [4.69, 9.17) is 37.9 Å². The third-order valence-corrected chi connectivity index (χ3v) is 15.9. The molecule has 0 amide bonds. The van der Waals surface area contributed by atoms with Crippen molar-refractivity contribution < 1.29 is 30.4 Å². The van der Waals surface area contributed by atoms with E-state index in [1.807, 2.05) is 60.1 Å². The zero-order valence-corrected chi connectivity index (χ0v) is 36.5. The van der Waals surface area contributed by atoms with Gasteiger partial charge in [0.2, 0.25) is 20.0 Å². The number of anilines is 2. The molecule has 19 heteroatoms. The van der Waals surface area contributed by atoms with Crippen LogP contribution in [0, 0.1) is 18.6 Å². The summed E-state index contributed by atoms with van der Waals surface area (Å²) in [4.78, 5) is 13.6.